The third-order valence-electron chi connectivity index (χ3n) is 5.12. The first-order valence-corrected chi connectivity index (χ1v) is 9.08. The van der Waals surface area contributed by atoms with Gasteiger partial charge in [-0.15, -0.1) is 10.2 Å². The van der Waals surface area contributed by atoms with Gasteiger partial charge in [-0.1, -0.05) is 12.8 Å². The summed E-state index contributed by atoms with van der Waals surface area (Å²) < 4.78 is 7.38. The van der Waals surface area contributed by atoms with E-state index in [1.165, 1.54) is 38.5 Å². The summed E-state index contributed by atoms with van der Waals surface area (Å²) in [5.74, 6) is 3.39. The summed E-state index contributed by atoms with van der Waals surface area (Å²) in [6, 6.07) is 0.865. The predicted molar refractivity (Wildman–Crippen MR) is 93.8 cm³/mol. The molecule has 7 heteroatoms. The number of aryl methyl sites for hydroxylation is 1. The number of ether oxygens (including phenoxy) is 1. The van der Waals surface area contributed by atoms with Gasteiger partial charge >= 0.3 is 0 Å². The van der Waals surface area contributed by atoms with E-state index in [1.807, 2.05) is 18.5 Å². The van der Waals surface area contributed by atoms with Crippen molar-refractivity contribution in [3.8, 4) is 0 Å². The molecule has 2 fully saturated rings. The number of aromatic nitrogens is 3. The maximum Gasteiger partial charge on any atom is 0.192 e. The minimum absolute atomic E-state index is 0.337. The summed E-state index contributed by atoms with van der Waals surface area (Å²) in [4.78, 5) is 4.78. The summed E-state index contributed by atoms with van der Waals surface area (Å²) in [7, 11) is 3.75. The monoisotopic (exact) mass is 334 g/mol. The van der Waals surface area contributed by atoms with Gasteiger partial charge in [0, 0.05) is 20.2 Å². The molecule has 0 saturated heterocycles. The molecule has 1 aromatic rings. The van der Waals surface area contributed by atoms with Crippen LogP contribution in [0, 0.1) is 12.8 Å². The fourth-order valence-electron chi connectivity index (χ4n) is 3.28. The van der Waals surface area contributed by atoms with E-state index in [4.69, 9.17) is 9.73 Å². The lowest BCUT2D eigenvalue weighted by Gasteiger charge is -2.23. The van der Waals surface area contributed by atoms with Crippen LogP contribution < -0.4 is 10.6 Å². The molecule has 0 bridgehead atoms. The average molecular weight is 334 g/mol. The zero-order valence-electron chi connectivity index (χ0n) is 15.1. The van der Waals surface area contributed by atoms with Crippen molar-refractivity contribution in [2.24, 2.45) is 18.0 Å². The van der Waals surface area contributed by atoms with Crippen LogP contribution in [0.2, 0.25) is 0 Å². The Bertz CT molecular complexity index is 559. The SMILES string of the molecule is COCC(NC(=NCc1nnc(C)n1C)NC1CCCC1)C1CC1. The van der Waals surface area contributed by atoms with Gasteiger partial charge in [0.1, 0.15) is 12.4 Å². The van der Waals surface area contributed by atoms with Gasteiger partial charge in [-0.3, -0.25) is 0 Å². The quantitative estimate of drug-likeness (QED) is 0.584. The Hall–Kier alpha value is -1.63. The normalized spacial score (nSPS) is 20.4. The topological polar surface area (TPSA) is 76.4 Å². The summed E-state index contributed by atoms with van der Waals surface area (Å²) >= 11 is 0. The average Bonchev–Trinajstić information content (AvgIpc) is 3.21. The maximum absolute atomic E-state index is 5.39. The standard InChI is InChI=1S/C17H30N6O/c1-12-21-22-16(23(12)2)10-18-17(19-14-6-4-5-7-14)20-15(11-24-3)13-8-9-13/h13-15H,4-11H2,1-3H3,(H2,18,19,20). The van der Waals surface area contributed by atoms with E-state index in [1.54, 1.807) is 7.11 Å². The van der Waals surface area contributed by atoms with Crippen LogP contribution in [0.15, 0.2) is 4.99 Å². The lowest BCUT2D eigenvalue weighted by atomic mass is 10.2. The number of aliphatic imine (C=N–C) groups is 1. The molecule has 0 aliphatic heterocycles. The molecule has 0 radical (unpaired) electrons. The second-order valence-electron chi connectivity index (χ2n) is 7.06. The first-order chi connectivity index (χ1) is 11.7. The number of hydrogen-bond acceptors (Lipinski definition) is 4. The molecule has 0 spiro atoms. The van der Waals surface area contributed by atoms with Gasteiger partial charge in [-0.25, -0.2) is 4.99 Å². The highest BCUT2D eigenvalue weighted by Crippen LogP contribution is 2.32. The van der Waals surface area contributed by atoms with E-state index in [0.29, 0.717) is 24.5 Å². The van der Waals surface area contributed by atoms with Gasteiger partial charge < -0.3 is 19.9 Å². The third kappa shape index (κ3) is 4.47. The van der Waals surface area contributed by atoms with Crippen molar-refractivity contribution < 1.29 is 4.74 Å². The molecule has 2 N–H and O–H groups in total. The van der Waals surface area contributed by atoms with Gasteiger partial charge in [-0.2, -0.15) is 0 Å². The summed E-state index contributed by atoms with van der Waals surface area (Å²) in [5, 5.41) is 15.5. The molecule has 7 nitrogen and oxygen atoms in total. The van der Waals surface area contributed by atoms with E-state index < -0.39 is 0 Å². The molecule has 0 aromatic carbocycles. The van der Waals surface area contributed by atoms with Crippen LogP contribution in [-0.2, 0) is 18.3 Å². The Morgan fingerprint density at radius 3 is 2.62 bits per heavy atom. The van der Waals surface area contributed by atoms with E-state index in [0.717, 1.165) is 24.2 Å². The molecule has 134 valence electrons. The largest absolute Gasteiger partial charge is 0.383 e. The van der Waals surface area contributed by atoms with Gasteiger partial charge in [0.25, 0.3) is 0 Å². The Morgan fingerprint density at radius 1 is 1.29 bits per heavy atom. The number of hydrogen-bond donors (Lipinski definition) is 2. The molecule has 1 atom stereocenters. The van der Waals surface area contributed by atoms with Gasteiger partial charge in [-0.05, 0) is 38.5 Å². The van der Waals surface area contributed by atoms with Crippen LogP contribution in [-0.4, -0.2) is 46.5 Å². The van der Waals surface area contributed by atoms with Crippen molar-refractivity contribution in [3.05, 3.63) is 11.6 Å². The molecular weight excluding hydrogens is 304 g/mol. The first-order valence-electron chi connectivity index (χ1n) is 9.08. The van der Waals surface area contributed by atoms with E-state index in [2.05, 4.69) is 20.8 Å². The molecule has 1 heterocycles. The van der Waals surface area contributed by atoms with Gasteiger partial charge in [0.05, 0.1) is 12.6 Å². The van der Waals surface area contributed by atoms with Crippen molar-refractivity contribution >= 4 is 5.96 Å². The zero-order chi connectivity index (χ0) is 16.9. The first kappa shape index (κ1) is 17.2. The van der Waals surface area contributed by atoms with E-state index in [9.17, 15) is 0 Å². The fourth-order valence-corrected chi connectivity index (χ4v) is 3.28. The molecular formula is C17H30N6O. The van der Waals surface area contributed by atoms with Crippen molar-refractivity contribution in [1.82, 2.24) is 25.4 Å². The predicted octanol–water partition coefficient (Wildman–Crippen LogP) is 1.53. The molecule has 24 heavy (non-hydrogen) atoms. The minimum Gasteiger partial charge on any atom is -0.383 e. The Morgan fingerprint density at radius 2 is 2.04 bits per heavy atom. The number of methoxy groups -OCH3 is 1. The molecule has 2 saturated carbocycles. The van der Waals surface area contributed by atoms with Crippen LogP contribution in [0.5, 0.6) is 0 Å². The fraction of sp³-hybridized carbons (Fsp3) is 0.824. The maximum atomic E-state index is 5.39. The van der Waals surface area contributed by atoms with Crippen LogP contribution in [0.1, 0.15) is 50.2 Å². The Balaban J connectivity index is 1.67. The summed E-state index contributed by atoms with van der Waals surface area (Å²) in [5.41, 5.74) is 0. The highest BCUT2D eigenvalue weighted by atomic mass is 16.5. The van der Waals surface area contributed by atoms with Gasteiger partial charge in [0.2, 0.25) is 0 Å². The van der Waals surface area contributed by atoms with E-state index in [-0.39, 0.29) is 0 Å². The zero-order valence-corrected chi connectivity index (χ0v) is 15.1. The Kier molecular flexibility index (Phi) is 5.71. The lowest BCUT2D eigenvalue weighted by molar-refractivity contribution is 0.165. The van der Waals surface area contributed by atoms with E-state index >= 15 is 0 Å². The van der Waals surface area contributed by atoms with Crippen molar-refractivity contribution in [2.75, 3.05) is 13.7 Å². The lowest BCUT2D eigenvalue weighted by Crippen LogP contribution is -2.49. The van der Waals surface area contributed by atoms with Gasteiger partial charge in [0.15, 0.2) is 11.8 Å². The molecule has 1 aromatic heterocycles. The number of nitrogens with zero attached hydrogens (tertiary/aromatic N) is 4. The highest BCUT2D eigenvalue weighted by Gasteiger charge is 2.32. The third-order valence-corrected chi connectivity index (χ3v) is 5.12. The van der Waals surface area contributed by atoms with Crippen LogP contribution in [0.4, 0.5) is 0 Å². The summed E-state index contributed by atoms with van der Waals surface area (Å²) in [6.45, 7) is 3.21. The number of rotatable bonds is 7. The molecule has 2 aliphatic rings. The van der Waals surface area contributed by atoms with Crippen molar-refractivity contribution in [2.45, 2.75) is 64.1 Å². The number of nitrogens with one attached hydrogen (secondary N) is 2. The van der Waals surface area contributed by atoms with Crippen LogP contribution >= 0.6 is 0 Å². The number of guanidine groups is 1. The Labute approximate surface area is 144 Å². The minimum atomic E-state index is 0.337. The smallest absolute Gasteiger partial charge is 0.192 e. The highest BCUT2D eigenvalue weighted by molar-refractivity contribution is 5.80. The van der Waals surface area contributed by atoms with Crippen molar-refractivity contribution in [3.63, 3.8) is 0 Å². The molecule has 1 unspecified atom stereocenters. The van der Waals surface area contributed by atoms with Crippen LogP contribution in [0.25, 0.3) is 0 Å². The molecule has 3 rings (SSSR count). The summed E-state index contributed by atoms with van der Waals surface area (Å²) in [6.07, 6.45) is 7.61. The molecule has 0 amide bonds. The molecule has 2 aliphatic carbocycles. The second-order valence-corrected chi connectivity index (χ2v) is 7.06. The van der Waals surface area contributed by atoms with Crippen LogP contribution in [0.3, 0.4) is 0 Å². The second kappa shape index (κ2) is 7.96. The van der Waals surface area contributed by atoms with Crippen molar-refractivity contribution in [1.29, 1.82) is 0 Å².